The molecule has 4 heterocycles. The van der Waals surface area contributed by atoms with Gasteiger partial charge in [-0.05, 0) is 42.0 Å². The number of aromatic amines is 1. The van der Waals surface area contributed by atoms with Crippen LogP contribution in [0.4, 0.5) is 13.2 Å². The molecule has 1 saturated heterocycles. The van der Waals surface area contributed by atoms with Crippen molar-refractivity contribution in [1.82, 2.24) is 34.7 Å². The van der Waals surface area contributed by atoms with E-state index in [0.717, 1.165) is 33.7 Å². The minimum absolute atomic E-state index is 0.294. The molecule has 0 unspecified atom stereocenters. The Bertz CT molecular complexity index is 1350. The van der Waals surface area contributed by atoms with Gasteiger partial charge in [-0.15, -0.1) is 0 Å². The van der Waals surface area contributed by atoms with Crippen molar-refractivity contribution in [3.8, 4) is 11.4 Å². The lowest BCUT2D eigenvalue weighted by Crippen LogP contribution is -2.49. The van der Waals surface area contributed by atoms with E-state index in [4.69, 9.17) is 0 Å². The van der Waals surface area contributed by atoms with Gasteiger partial charge in [-0.25, -0.2) is 15.0 Å². The number of carbonyl (C=O) groups is 1. The number of pyridine rings is 1. The number of nitrogens with zero attached hydrogens (tertiary/aromatic N) is 6. The number of hydrogen-bond donors (Lipinski definition) is 1. The first kappa shape index (κ1) is 23.9. The molecule has 3 aromatic heterocycles. The third kappa shape index (κ3) is 5.85. The fraction of sp³-hybridized carbons (Fsp3) is 0.320. The monoisotopic (exact) mass is 495 g/mol. The van der Waals surface area contributed by atoms with Crippen molar-refractivity contribution in [2.75, 3.05) is 26.2 Å². The average molecular weight is 496 g/mol. The zero-order valence-electron chi connectivity index (χ0n) is 19.4. The van der Waals surface area contributed by atoms with Gasteiger partial charge in [0, 0.05) is 69.0 Å². The summed E-state index contributed by atoms with van der Waals surface area (Å²) in [6.45, 7) is 2.28. The lowest BCUT2D eigenvalue weighted by Gasteiger charge is -2.35. The predicted octanol–water partition coefficient (Wildman–Crippen LogP) is 3.60. The molecule has 1 aromatic carbocycles. The maximum atomic E-state index is 12.5. The number of alkyl halides is 3. The number of carbonyl (C=O) groups excluding carboxylic acids is 1. The van der Waals surface area contributed by atoms with Gasteiger partial charge in [-0.2, -0.15) is 13.2 Å². The molecule has 1 aliphatic heterocycles. The highest BCUT2D eigenvalue weighted by Crippen LogP contribution is 2.22. The van der Waals surface area contributed by atoms with Crippen molar-refractivity contribution in [3.63, 3.8) is 0 Å². The van der Waals surface area contributed by atoms with Gasteiger partial charge in [-0.1, -0.05) is 0 Å². The minimum atomic E-state index is -4.47. The zero-order chi connectivity index (χ0) is 25.1. The number of hydrogen-bond acceptors (Lipinski definition) is 6. The van der Waals surface area contributed by atoms with E-state index in [0.29, 0.717) is 45.0 Å². The van der Waals surface area contributed by atoms with Crippen LogP contribution in [0.25, 0.3) is 22.4 Å². The van der Waals surface area contributed by atoms with E-state index in [1.165, 1.54) is 4.90 Å². The van der Waals surface area contributed by atoms with Crippen molar-refractivity contribution in [2.45, 2.75) is 25.6 Å². The zero-order valence-corrected chi connectivity index (χ0v) is 19.4. The predicted molar refractivity (Wildman–Crippen MR) is 127 cm³/mol. The molecule has 186 valence electrons. The highest BCUT2D eigenvalue weighted by Gasteiger charge is 2.34. The van der Waals surface area contributed by atoms with E-state index in [1.54, 1.807) is 24.7 Å². The van der Waals surface area contributed by atoms with Crippen molar-refractivity contribution >= 4 is 16.9 Å². The van der Waals surface area contributed by atoms with Crippen molar-refractivity contribution < 1.29 is 18.0 Å². The second kappa shape index (κ2) is 10.0. The van der Waals surface area contributed by atoms with Crippen LogP contribution < -0.4 is 0 Å². The standard InChI is InChI=1S/C25H24F3N7O/c26-25(27,28)15-23(36)35-10-8-34(9-11-35)16-17-4-7-29-19(12-17)14-22-32-20-3-2-18(13-21(20)33-22)24-30-5-1-6-31-24/h1-7,12-13H,8-11,14-16H2,(H,32,33). The van der Waals surface area contributed by atoms with Crippen LogP contribution in [0.5, 0.6) is 0 Å². The topological polar surface area (TPSA) is 90.9 Å². The molecule has 36 heavy (non-hydrogen) atoms. The van der Waals surface area contributed by atoms with Gasteiger partial charge in [0.15, 0.2) is 5.82 Å². The van der Waals surface area contributed by atoms with Crippen LogP contribution in [0.2, 0.25) is 0 Å². The van der Waals surface area contributed by atoms with Crippen LogP contribution >= 0.6 is 0 Å². The number of aromatic nitrogens is 5. The fourth-order valence-corrected chi connectivity index (χ4v) is 4.33. The van der Waals surface area contributed by atoms with Crippen LogP contribution in [0.1, 0.15) is 23.5 Å². The quantitative estimate of drug-likeness (QED) is 0.440. The summed E-state index contributed by atoms with van der Waals surface area (Å²) in [7, 11) is 0. The molecule has 0 radical (unpaired) electrons. The smallest absolute Gasteiger partial charge is 0.342 e. The molecule has 0 spiro atoms. The summed E-state index contributed by atoms with van der Waals surface area (Å²) in [5.41, 5.74) is 4.55. The third-order valence-corrected chi connectivity index (χ3v) is 6.07. The van der Waals surface area contributed by atoms with Gasteiger partial charge >= 0.3 is 6.18 Å². The SMILES string of the molecule is O=C(CC(F)(F)F)N1CCN(Cc2ccnc(Cc3nc4ccc(-c5ncccn5)cc4[nH]3)c2)CC1. The van der Waals surface area contributed by atoms with E-state index in [2.05, 4.69) is 29.8 Å². The van der Waals surface area contributed by atoms with Crippen LogP contribution in [-0.2, 0) is 17.8 Å². The molecule has 11 heteroatoms. The Kier molecular flexibility index (Phi) is 6.64. The van der Waals surface area contributed by atoms with E-state index in [9.17, 15) is 18.0 Å². The molecule has 5 rings (SSSR count). The molecule has 8 nitrogen and oxygen atoms in total. The summed E-state index contributed by atoms with van der Waals surface area (Å²) < 4.78 is 37.5. The van der Waals surface area contributed by atoms with Gasteiger partial charge < -0.3 is 9.88 Å². The Morgan fingerprint density at radius 1 is 0.972 bits per heavy atom. The number of amides is 1. The maximum absolute atomic E-state index is 12.5. The summed E-state index contributed by atoms with van der Waals surface area (Å²) in [4.78, 5) is 36.3. The number of rotatable bonds is 6. The maximum Gasteiger partial charge on any atom is 0.397 e. The largest absolute Gasteiger partial charge is 0.397 e. The molecular formula is C25H24F3N7O. The highest BCUT2D eigenvalue weighted by atomic mass is 19.4. The number of H-pyrrole nitrogens is 1. The first-order chi connectivity index (χ1) is 17.3. The Balaban J connectivity index is 1.20. The molecular weight excluding hydrogens is 471 g/mol. The second-order valence-corrected chi connectivity index (χ2v) is 8.77. The Morgan fingerprint density at radius 2 is 1.75 bits per heavy atom. The van der Waals surface area contributed by atoms with Gasteiger partial charge in [0.25, 0.3) is 0 Å². The number of piperazine rings is 1. The number of halogens is 3. The Hall–Kier alpha value is -3.86. The number of benzene rings is 1. The fourth-order valence-electron chi connectivity index (χ4n) is 4.33. The van der Waals surface area contributed by atoms with E-state index < -0.39 is 18.5 Å². The third-order valence-electron chi connectivity index (χ3n) is 6.07. The van der Waals surface area contributed by atoms with Gasteiger partial charge in [-0.3, -0.25) is 14.7 Å². The van der Waals surface area contributed by atoms with E-state index >= 15 is 0 Å². The molecule has 0 atom stereocenters. The average Bonchev–Trinajstić information content (AvgIpc) is 3.25. The summed E-state index contributed by atoms with van der Waals surface area (Å²) in [6, 6.07) is 11.6. The summed E-state index contributed by atoms with van der Waals surface area (Å²) in [6.07, 6.45) is -0.182. The van der Waals surface area contributed by atoms with Crippen molar-refractivity contribution in [3.05, 3.63) is 72.1 Å². The van der Waals surface area contributed by atoms with Gasteiger partial charge in [0.1, 0.15) is 12.2 Å². The first-order valence-corrected chi connectivity index (χ1v) is 11.6. The number of imidazole rings is 1. The van der Waals surface area contributed by atoms with Crippen molar-refractivity contribution in [1.29, 1.82) is 0 Å². The minimum Gasteiger partial charge on any atom is -0.342 e. The molecule has 1 aliphatic rings. The van der Waals surface area contributed by atoms with E-state index in [-0.39, 0.29) is 0 Å². The van der Waals surface area contributed by atoms with Gasteiger partial charge in [0.05, 0.1) is 11.0 Å². The van der Waals surface area contributed by atoms with Gasteiger partial charge in [0.2, 0.25) is 5.91 Å². The number of nitrogens with one attached hydrogen (secondary N) is 1. The summed E-state index contributed by atoms with van der Waals surface area (Å²) >= 11 is 0. The van der Waals surface area contributed by atoms with Crippen LogP contribution in [-0.4, -0.2) is 73.0 Å². The molecule has 0 aliphatic carbocycles. The highest BCUT2D eigenvalue weighted by molar-refractivity contribution is 5.80. The molecule has 1 amide bonds. The lowest BCUT2D eigenvalue weighted by atomic mass is 10.1. The summed E-state index contributed by atoms with van der Waals surface area (Å²) in [5, 5.41) is 0. The van der Waals surface area contributed by atoms with Crippen LogP contribution in [0.3, 0.4) is 0 Å². The Morgan fingerprint density at radius 3 is 2.50 bits per heavy atom. The molecule has 0 saturated carbocycles. The molecule has 1 fully saturated rings. The molecule has 4 aromatic rings. The lowest BCUT2D eigenvalue weighted by molar-refractivity contribution is -0.162. The number of fused-ring (bicyclic) bond motifs is 1. The molecule has 0 bridgehead atoms. The van der Waals surface area contributed by atoms with Crippen LogP contribution in [0, 0.1) is 0 Å². The second-order valence-electron chi connectivity index (χ2n) is 8.77. The van der Waals surface area contributed by atoms with Crippen molar-refractivity contribution in [2.24, 2.45) is 0 Å². The van der Waals surface area contributed by atoms with Crippen LogP contribution in [0.15, 0.2) is 55.0 Å². The first-order valence-electron chi connectivity index (χ1n) is 11.6. The Labute approximate surface area is 205 Å². The van der Waals surface area contributed by atoms with E-state index in [1.807, 2.05) is 30.3 Å². The molecule has 1 N–H and O–H groups in total. The normalized spacial score (nSPS) is 14.9. The summed E-state index contributed by atoms with van der Waals surface area (Å²) in [5.74, 6) is 0.579.